The summed E-state index contributed by atoms with van der Waals surface area (Å²) in [4.78, 5) is 63.0. The van der Waals surface area contributed by atoms with Crippen LogP contribution in [0.3, 0.4) is 0 Å². The van der Waals surface area contributed by atoms with Crippen LogP contribution in [0, 0.1) is 0 Å². The maximum absolute atomic E-state index is 12.2. The molecule has 2 fully saturated rings. The second kappa shape index (κ2) is 30.1. The number of nitrogens with one attached hydrogen (secondary N) is 1. The van der Waals surface area contributed by atoms with Crippen molar-refractivity contribution in [2.45, 2.75) is 75.3 Å². The number of aliphatic hydroxyl groups is 4. The minimum absolute atomic E-state index is 0.0193. The van der Waals surface area contributed by atoms with Crippen molar-refractivity contribution in [2.75, 3.05) is 119 Å². The molecule has 6 N–H and O–H groups in total. The second-order valence-electron chi connectivity index (χ2n) is 12.8. The second-order valence-corrected chi connectivity index (χ2v) is 12.8. The summed E-state index contributed by atoms with van der Waals surface area (Å²) in [6.07, 6.45) is -6.46. The zero-order valence-electron chi connectivity index (χ0n) is 32.9. The van der Waals surface area contributed by atoms with Gasteiger partial charge in [0.05, 0.1) is 136 Å². The van der Waals surface area contributed by atoms with Crippen molar-refractivity contribution in [2.24, 2.45) is 0 Å². The van der Waals surface area contributed by atoms with Crippen LogP contribution in [-0.4, -0.2) is 215 Å². The molecule has 0 radical (unpaired) electrons. The van der Waals surface area contributed by atoms with Crippen molar-refractivity contribution in [3.8, 4) is 0 Å². The molecule has 2 aliphatic heterocycles. The molecule has 58 heavy (non-hydrogen) atoms. The number of hydrogen-bond donors (Lipinski definition) is 6. The fourth-order valence-electron chi connectivity index (χ4n) is 5.39. The van der Waals surface area contributed by atoms with Gasteiger partial charge < -0.3 is 83.1 Å². The highest BCUT2D eigenvalue weighted by atomic mass is 16.7. The molecule has 2 unspecified atom stereocenters. The number of carboxylic acids is 1. The van der Waals surface area contributed by atoms with Crippen LogP contribution in [0.5, 0.6) is 0 Å². The maximum atomic E-state index is 12.2. The van der Waals surface area contributed by atoms with Gasteiger partial charge in [0.1, 0.15) is 6.61 Å². The number of carboxylic acid groups (broad SMARTS) is 1. The van der Waals surface area contributed by atoms with Gasteiger partial charge in [-0.1, -0.05) is 0 Å². The Hall–Kier alpha value is -3.01. The first-order chi connectivity index (χ1) is 27.9. The zero-order valence-corrected chi connectivity index (χ0v) is 32.9. The van der Waals surface area contributed by atoms with E-state index in [0.717, 1.165) is 0 Å². The third-order valence-electron chi connectivity index (χ3n) is 8.26. The molecule has 3 amide bonds. The van der Waals surface area contributed by atoms with Crippen LogP contribution in [-0.2, 0) is 76.2 Å². The molecule has 336 valence electrons. The number of carbonyl (C=O) groups excluding carboxylic acids is 4. The molecule has 23 heteroatoms. The Morgan fingerprint density at radius 3 is 1.59 bits per heavy atom. The van der Waals surface area contributed by atoms with Gasteiger partial charge in [-0.25, -0.2) is 9.59 Å². The van der Waals surface area contributed by atoms with Crippen LogP contribution in [0.1, 0.15) is 39.0 Å². The summed E-state index contributed by atoms with van der Waals surface area (Å²) in [7, 11) is 0. The third kappa shape index (κ3) is 20.8. The van der Waals surface area contributed by atoms with Crippen molar-refractivity contribution in [1.29, 1.82) is 0 Å². The number of aliphatic carboxylic acids is 1. The molecule has 0 aromatic carbocycles. The molecular weight excluding hydrogens is 784 g/mol. The first kappa shape index (κ1) is 51.1. The van der Waals surface area contributed by atoms with Crippen LogP contribution < -0.4 is 5.32 Å². The van der Waals surface area contributed by atoms with E-state index in [9.17, 15) is 44.4 Å². The molecule has 6 atom stereocenters. The first-order valence-electron chi connectivity index (χ1n) is 19.1. The smallest absolute Gasteiger partial charge is 0.364 e. The van der Waals surface area contributed by atoms with Gasteiger partial charge in [-0.2, -0.15) is 0 Å². The number of ether oxygens (including phenoxy) is 10. The lowest BCUT2D eigenvalue weighted by molar-refractivity contribution is -0.300. The number of hydroxylamine groups is 2. The monoisotopic (exact) mass is 844 g/mol. The molecule has 2 heterocycles. The van der Waals surface area contributed by atoms with E-state index in [-0.39, 0.29) is 65.3 Å². The first-order valence-corrected chi connectivity index (χ1v) is 19.1. The highest BCUT2D eigenvalue weighted by molar-refractivity contribution is 6.01. The van der Waals surface area contributed by atoms with Gasteiger partial charge in [0.25, 0.3) is 17.6 Å². The standard InChI is InChI=1S/C35H60N2O21/c1-25(39)36-33-28(42)23-35(34(46)47,57-29(33)22-27(41)26(40)4-5-38)56-21-20-54-17-16-52-13-12-50-9-8-48-6-7-49-10-11-51-14-15-53-18-19-55-24-32(45)58-37-30(43)2-3-31(37)44/h26-29,33,38,40-42H,2-24H2,1H3,(H,36,39)(H,46,47)/t26?,27?,28-,29+,33+,35+/m0/s1. The van der Waals surface area contributed by atoms with Gasteiger partial charge in [-0.3, -0.25) is 14.4 Å². The number of aliphatic hydroxyl groups excluding tert-OH is 4. The quantitative estimate of drug-likeness (QED) is 0.0269. The SMILES string of the molecule is CC(=O)N[C@@H]1[C@@H](O)C[C@](OCCOCCOCCOCCOCCOCCOCCOCCOCC(=O)ON2C(=O)CCC2=O)(C(=O)O)O[C@@H]1CC(O)C(O)CCO. The fourth-order valence-corrected chi connectivity index (χ4v) is 5.39. The summed E-state index contributed by atoms with van der Waals surface area (Å²) in [6, 6.07) is -1.09. The predicted molar refractivity (Wildman–Crippen MR) is 191 cm³/mol. The molecule has 0 aromatic heterocycles. The van der Waals surface area contributed by atoms with Gasteiger partial charge >= 0.3 is 11.9 Å². The lowest BCUT2D eigenvalue weighted by atomic mass is 9.89. The highest BCUT2D eigenvalue weighted by Crippen LogP contribution is 2.33. The van der Waals surface area contributed by atoms with Crippen molar-refractivity contribution >= 4 is 29.7 Å². The average molecular weight is 845 g/mol. The van der Waals surface area contributed by atoms with E-state index in [2.05, 4.69) is 10.2 Å². The van der Waals surface area contributed by atoms with E-state index in [1.54, 1.807) is 0 Å². The maximum Gasteiger partial charge on any atom is 0.364 e. The molecule has 0 aromatic rings. The molecule has 0 spiro atoms. The van der Waals surface area contributed by atoms with Crippen LogP contribution >= 0.6 is 0 Å². The van der Waals surface area contributed by atoms with E-state index >= 15 is 0 Å². The molecule has 2 saturated heterocycles. The van der Waals surface area contributed by atoms with E-state index in [1.807, 2.05) is 0 Å². The normalized spacial score (nSPS) is 21.9. The molecule has 2 rings (SSSR count). The van der Waals surface area contributed by atoms with Crippen LogP contribution in [0.15, 0.2) is 0 Å². The van der Waals surface area contributed by atoms with E-state index < -0.39 is 85.5 Å². The largest absolute Gasteiger partial charge is 0.477 e. The minimum atomic E-state index is -2.31. The summed E-state index contributed by atoms with van der Waals surface area (Å²) < 4.78 is 54.2. The topological polar surface area (TPSA) is 303 Å². The van der Waals surface area contributed by atoms with E-state index in [1.165, 1.54) is 6.92 Å². The van der Waals surface area contributed by atoms with Crippen molar-refractivity contribution in [3.05, 3.63) is 0 Å². The molecular formula is C35H60N2O21. The van der Waals surface area contributed by atoms with Crippen LogP contribution in [0.4, 0.5) is 0 Å². The third-order valence-corrected chi connectivity index (χ3v) is 8.26. The molecule has 2 aliphatic rings. The lowest BCUT2D eigenvalue weighted by Gasteiger charge is -2.45. The molecule has 0 saturated carbocycles. The zero-order chi connectivity index (χ0) is 42.6. The summed E-state index contributed by atoms with van der Waals surface area (Å²) in [5, 5.41) is 53.1. The minimum Gasteiger partial charge on any atom is -0.477 e. The van der Waals surface area contributed by atoms with Crippen molar-refractivity contribution in [3.63, 3.8) is 0 Å². The predicted octanol–water partition coefficient (Wildman–Crippen LogP) is -3.33. The Morgan fingerprint density at radius 1 is 0.741 bits per heavy atom. The number of carbonyl (C=O) groups is 5. The van der Waals surface area contributed by atoms with Crippen LogP contribution in [0.25, 0.3) is 0 Å². The van der Waals surface area contributed by atoms with Crippen molar-refractivity contribution < 1.29 is 102 Å². The summed E-state index contributed by atoms with van der Waals surface area (Å²) >= 11 is 0. The number of hydrogen-bond acceptors (Lipinski definition) is 20. The lowest BCUT2D eigenvalue weighted by Crippen LogP contribution is -2.64. The number of imide groups is 1. The van der Waals surface area contributed by atoms with E-state index in [0.29, 0.717) is 71.1 Å². The molecule has 23 nitrogen and oxygen atoms in total. The van der Waals surface area contributed by atoms with E-state index in [4.69, 9.17) is 52.5 Å². The fraction of sp³-hybridized carbons (Fsp3) is 0.857. The summed E-state index contributed by atoms with van der Waals surface area (Å²) in [6.45, 7) is 4.31. The number of rotatable bonds is 35. The van der Waals surface area contributed by atoms with Gasteiger partial charge in [-0.05, 0) is 6.42 Å². The Labute approximate surface area is 335 Å². The Kier molecular flexibility index (Phi) is 26.5. The van der Waals surface area contributed by atoms with Gasteiger partial charge in [-0.15, -0.1) is 5.06 Å². The Balaban J connectivity index is 1.38. The van der Waals surface area contributed by atoms with Crippen molar-refractivity contribution in [1.82, 2.24) is 10.4 Å². The van der Waals surface area contributed by atoms with Gasteiger partial charge in [0.15, 0.2) is 0 Å². The number of nitrogens with zero attached hydrogens (tertiary/aromatic N) is 1. The van der Waals surface area contributed by atoms with Crippen LogP contribution in [0.2, 0.25) is 0 Å². The Morgan fingerprint density at radius 2 is 1.17 bits per heavy atom. The van der Waals surface area contributed by atoms with Gasteiger partial charge in [0, 0.05) is 39.2 Å². The summed E-state index contributed by atoms with van der Waals surface area (Å²) in [5.41, 5.74) is 0. The highest BCUT2D eigenvalue weighted by Gasteiger charge is 2.53. The Bertz CT molecular complexity index is 1180. The molecule has 0 bridgehead atoms. The summed E-state index contributed by atoms with van der Waals surface area (Å²) in [5.74, 6) is -6.33. The molecule has 0 aliphatic carbocycles. The van der Waals surface area contributed by atoms with Gasteiger partial charge in [0.2, 0.25) is 5.91 Å². The number of amides is 3. The average Bonchev–Trinajstić information content (AvgIpc) is 3.49.